The Morgan fingerprint density at radius 1 is 1.14 bits per heavy atom. The minimum Gasteiger partial charge on any atom is -0.497 e. The molecule has 0 aliphatic rings. The molecule has 1 heterocycles. The van der Waals surface area contributed by atoms with Gasteiger partial charge in [-0.1, -0.05) is 11.6 Å². The summed E-state index contributed by atoms with van der Waals surface area (Å²) < 4.78 is 43.7. The summed E-state index contributed by atoms with van der Waals surface area (Å²) in [7, 11) is 1.53. The molecule has 2 aromatic carbocycles. The van der Waals surface area contributed by atoms with Gasteiger partial charge in [-0.25, -0.2) is 0 Å². The number of carbonyl (C=O) groups excluding carboxylic acids is 1. The molecule has 0 saturated heterocycles. The Bertz CT molecular complexity index is 989. The second-order valence-corrected chi connectivity index (χ2v) is 5.93. The highest BCUT2D eigenvalue weighted by molar-refractivity contribution is 6.34. The van der Waals surface area contributed by atoms with Crippen molar-refractivity contribution in [1.82, 2.24) is 15.4 Å². The second-order valence-electron chi connectivity index (χ2n) is 5.52. The number of anilines is 3. The average Bonchev–Trinajstić information content (AvgIpc) is 3.11. The zero-order valence-corrected chi connectivity index (χ0v) is 15.0. The van der Waals surface area contributed by atoms with E-state index in [1.165, 1.54) is 7.11 Å². The summed E-state index contributed by atoms with van der Waals surface area (Å²) in [6.07, 6.45) is -4.57. The number of ether oxygens (including phenoxy) is 1. The van der Waals surface area contributed by atoms with Crippen molar-refractivity contribution in [3.63, 3.8) is 0 Å². The van der Waals surface area contributed by atoms with Crippen LogP contribution < -0.4 is 15.4 Å². The lowest BCUT2D eigenvalue weighted by Crippen LogP contribution is -2.15. The lowest BCUT2D eigenvalue weighted by Gasteiger charge is -2.11. The zero-order chi connectivity index (χ0) is 20.3. The number of aromatic amines is 1. The van der Waals surface area contributed by atoms with Crippen molar-refractivity contribution in [2.75, 3.05) is 17.7 Å². The molecule has 1 amide bonds. The average molecular weight is 412 g/mol. The summed E-state index contributed by atoms with van der Waals surface area (Å²) >= 11 is 5.90. The molecule has 3 aromatic rings. The van der Waals surface area contributed by atoms with Gasteiger partial charge >= 0.3 is 6.18 Å². The van der Waals surface area contributed by atoms with Crippen molar-refractivity contribution in [1.29, 1.82) is 0 Å². The van der Waals surface area contributed by atoms with Gasteiger partial charge in [-0.05, 0) is 42.5 Å². The highest BCUT2D eigenvalue weighted by Crippen LogP contribution is 2.34. The van der Waals surface area contributed by atoms with E-state index in [0.29, 0.717) is 11.4 Å². The minimum atomic E-state index is -4.57. The zero-order valence-electron chi connectivity index (χ0n) is 14.3. The van der Waals surface area contributed by atoms with Crippen molar-refractivity contribution in [3.8, 4) is 5.75 Å². The van der Waals surface area contributed by atoms with Gasteiger partial charge in [0.05, 0.1) is 23.4 Å². The number of nitrogens with zero attached hydrogens (tertiary/aromatic N) is 2. The Kier molecular flexibility index (Phi) is 5.41. The van der Waals surface area contributed by atoms with Crippen LogP contribution in [0.2, 0.25) is 5.02 Å². The highest BCUT2D eigenvalue weighted by atomic mass is 35.5. The molecule has 28 heavy (non-hydrogen) atoms. The standard InChI is InChI=1S/C17H13ClF3N5O2/c1-28-11-5-3-10(4-6-11)22-15-14(24-26-25-15)16(27)23-13-8-9(17(19,20)21)2-7-12(13)18/h2-8H,1H3,(H,23,27)(H2,22,24,25,26). The van der Waals surface area contributed by atoms with E-state index < -0.39 is 17.6 Å². The van der Waals surface area contributed by atoms with E-state index in [-0.39, 0.29) is 22.2 Å². The first kappa shape index (κ1) is 19.5. The molecule has 0 radical (unpaired) electrons. The van der Waals surface area contributed by atoms with Gasteiger partial charge < -0.3 is 15.4 Å². The number of rotatable bonds is 5. The summed E-state index contributed by atoms with van der Waals surface area (Å²) in [4.78, 5) is 12.5. The summed E-state index contributed by atoms with van der Waals surface area (Å²) in [5.74, 6) is -0.0559. The fourth-order valence-corrected chi connectivity index (χ4v) is 2.43. The van der Waals surface area contributed by atoms with Crippen LogP contribution in [0.3, 0.4) is 0 Å². The number of amides is 1. The molecule has 3 rings (SSSR count). The number of aromatic nitrogens is 3. The van der Waals surface area contributed by atoms with Gasteiger partial charge in [-0.2, -0.15) is 18.4 Å². The van der Waals surface area contributed by atoms with E-state index in [2.05, 4.69) is 26.0 Å². The van der Waals surface area contributed by atoms with Gasteiger partial charge in [0.1, 0.15) is 5.75 Å². The van der Waals surface area contributed by atoms with Gasteiger partial charge in [-0.3, -0.25) is 4.79 Å². The normalized spacial score (nSPS) is 11.2. The molecule has 0 aliphatic carbocycles. The van der Waals surface area contributed by atoms with Crippen LogP contribution in [-0.2, 0) is 6.18 Å². The Morgan fingerprint density at radius 2 is 1.86 bits per heavy atom. The van der Waals surface area contributed by atoms with Crippen LogP contribution >= 0.6 is 11.6 Å². The summed E-state index contributed by atoms with van der Waals surface area (Å²) in [5, 5.41) is 15.0. The molecule has 146 valence electrons. The summed E-state index contributed by atoms with van der Waals surface area (Å²) in [6.45, 7) is 0. The Balaban J connectivity index is 1.80. The summed E-state index contributed by atoms with van der Waals surface area (Å²) in [5.41, 5.74) is -0.686. The molecule has 0 spiro atoms. The van der Waals surface area contributed by atoms with E-state index in [0.717, 1.165) is 18.2 Å². The number of nitrogens with one attached hydrogen (secondary N) is 3. The van der Waals surface area contributed by atoms with Gasteiger partial charge in [-0.15, -0.1) is 10.2 Å². The molecule has 3 N–H and O–H groups in total. The first-order valence-corrected chi connectivity index (χ1v) is 8.15. The minimum absolute atomic E-state index is 0.0468. The topological polar surface area (TPSA) is 91.9 Å². The molecule has 1 aromatic heterocycles. The quantitative estimate of drug-likeness (QED) is 0.575. The molecule has 0 saturated carbocycles. The van der Waals surface area contributed by atoms with Crippen LogP contribution in [0.25, 0.3) is 0 Å². The molecular weight excluding hydrogens is 399 g/mol. The van der Waals surface area contributed by atoms with Crippen LogP contribution in [0, 0.1) is 0 Å². The third-order valence-electron chi connectivity index (χ3n) is 3.66. The van der Waals surface area contributed by atoms with Crippen molar-refractivity contribution >= 4 is 34.7 Å². The van der Waals surface area contributed by atoms with E-state index in [1.807, 2.05) is 0 Å². The maximum Gasteiger partial charge on any atom is 0.416 e. The van der Waals surface area contributed by atoms with Crippen LogP contribution in [0.1, 0.15) is 16.1 Å². The van der Waals surface area contributed by atoms with Crippen molar-refractivity contribution in [2.24, 2.45) is 0 Å². The molecule has 11 heteroatoms. The van der Waals surface area contributed by atoms with Gasteiger partial charge in [0.25, 0.3) is 5.91 Å². The number of alkyl halides is 3. The first-order chi connectivity index (χ1) is 13.3. The lowest BCUT2D eigenvalue weighted by atomic mass is 10.2. The maximum atomic E-state index is 12.9. The number of hydrogen-bond donors (Lipinski definition) is 3. The van der Waals surface area contributed by atoms with E-state index in [9.17, 15) is 18.0 Å². The largest absolute Gasteiger partial charge is 0.497 e. The van der Waals surface area contributed by atoms with E-state index in [1.54, 1.807) is 24.3 Å². The Hall–Kier alpha value is -3.27. The predicted octanol–water partition coefficient (Wildman–Crippen LogP) is 4.48. The van der Waals surface area contributed by atoms with E-state index in [4.69, 9.17) is 16.3 Å². The maximum absolute atomic E-state index is 12.9. The molecular formula is C17H13ClF3N5O2. The van der Waals surface area contributed by atoms with E-state index >= 15 is 0 Å². The molecule has 7 nitrogen and oxygen atoms in total. The highest BCUT2D eigenvalue weighted by Gasteiger charge is 2.31. The fraction of sp³-hybridized carbons (Fsp3) is 0.118. The Labute approximate surface area is 161 Å². The van der Waals surface area contributed by atoms with Crippen LogP contribution in [-0.4, -0.2) is 28.4 Å². The number of hydrogen-bond acceptors (Lipinski definition) is 5. The number of halogens is 4. The van der Waals surface area contributed by atoms with Crippen molar-refractivity contribution in [3.05, 3.63) is 58.7 Å². The van der Waals surface area contributed by atoms with Gasteiger partial charge in [0.15, 0.2) is 11.5 Å². The lowest BCUT2D eigenvalue weighted by molar-refractivity contribution is -0.137. The van der Waals surface area contributed by atoms with Crippen LogP contribution in [0.5, 0.6) is 5.75 Å². The third-order valence-corrected chi connectivity index (χ3v) is 3.99. The fourth-order valence-electron chi connectivity index (χ4n) is 2.27. The SMILES string of the molecule is COc1ccc(Nc2n[nH]nc2C(=O)Nc2cc(C(F)(F)F)ccc2Cl)cc1. The second kappa shape index (κ2) is 7.77. The first-order valence-electron chi connectivity index (χ1n) is 7.78. The molecule has 0 fully saturated rings. The molecule has 0 aliphatic heterocycles. The molecule has 0 atom stereocenters. The van der Waals surface area contributed by atoms with Crippen LogP contribution in [0.15, 0.2) is 42.5 Å². The predicted molar refractivity (Wildman–Crippen MR) is 97.1 cm³/mol. The summed E-state index contributed by atoms with van der Waals surface area (Å²) in [6, 6.07) is 9.41. The number of benzene rings is 2. The van der Waals surface area contributed by atoms with Gasteiger partial charge in [0, 0.05) is 5.69 Å². The molecule has 0 bridgehead atoms. The van der Waals surface area contributed by atoms with Gasteiger partial charge in [0.2, 0.25) is 0 Å². The van der Waals surface area contributed by atoms with Crippen LogP contribution in [0.4, 0.5) is 30.4 Å². The number of methoxy groups -OCH3 is 1. The molecule has 0 unspecified atom stereocenters. The third kappa shape index (κ3) is 4.34. The smallest absolute Gasteiger partial charge is 0.416 e. The number of H-pyrrole nitrogens is 1. The van der Waals surface area contributed by atoms with Crippen molar-refractivity contribution in [2.45, 2.75) is 6.18 Å². The number of carbonyl (C=O) groups is 1. The monoisotopic (exact) mass is 411 g/mol. The van der Waals surface area contributed by atoms with Crippen molar-refractivity contribution < 1.29 is 22.7 Å². The Morgan fingerprint density at radius 3 is 2.50 bits per heavy atom.